The van der Waals surface area contributed by atoms with Crippen LogP contribution in [0.5, 0.6) is 0 Å². The Morgan fingerprint density at radius 1 is 1.33 bits per heavy atom. The molecule has 0 aliphatic carbocycles. The van der Waals surface area contributed by atoms with Gasteiger partial charge in [0.2, 0.25) is 0 Å². The number of hydrogen-bond donors (Lipinski definition) is 1. The molecule has 1 fully saturated rings. The standard InChI is InChI=1S/C18H24N2O4/c1-13(11-20-7-9-23-10-8-20)19-18(21)17-15(12-22-2)14-5-3-4-6-16(14)24-17/h3-6,13H,7-12H2,1-2H3,(H,19,21). The number of methoxy groups -OCH3 is 1. The average Bonchev–Trinajstić information content (AvgIpc) is 2.95. The van der Waals surface area contributed by atoms with Crippen LogP contribution < -0.4 is 5.32 Å². The lowest BCUT2D eigenvalue weighted by molar-refractivity contribution is 0.0341. The number of para-hydroxylation sites is 1. The van der Waals surface area contributed by atoms with E-state index in [1.165, 1.54) is 0 Å². The van der Waals surface area contributed by atoms with Crippen molar-refractivity contribution in [2.45, 2.75) is 19.6 Å². The van der Waals surface area contributed by atoms with Gasteiger partial charge in [-0.05, 0) is 13.0 Å². The summed E-state index contributed by atoms with van der Waals surface area (Å²) in [7, 11) is 1.62. The zero-order valence-electron chi connectivity index (χ0n) is 14.2. The van der Waals surface area contributed by atoms with Gasteiger partial charge in [0.15, 0.2) is 5.76 Å². The highest BCUT2D eigenvalue weighted by molar-refractivity contribution is 5.99. The van der Waals surface area contributed by atoms with E-state index in [9.17, 15) is 4.79 Å². The molecule has 1 saturated heterocycles. The first-order valence-corrected chi connectivity index (χ1v) is 8.29. The second kappa shape index (κ2) is 7.79. The van der Waals surface area contributed by atoms with E-state index in [4.69, 9.17) is 13.9 Å². The van der Waals surface area contributed by atoms with Gasteiger partial charge in [0, 0.05) is 43.7 Å². The Morgan fingerprint density at radius 2 is 2.08 bits per heavy atom. The zero-order valence-corrected chi connectivity index (χ0v) is 14.2. The fourth-order valence-corrected chi connectivity index (χ4v) is 3.08. The summed E-state index contributed by atoms with van der Waals surface area (Å²) < 4.78 is 16.4. The van der Waals surface area contributed by atoms with Crippen molar-refractivity contribution in [1.82, 2.24) is 10.2 Å². The number of benzene rings is 1. The molecule has 1 unspecified atom stereocenters. The molecule has 6 nitrogen and oxygen atoms in total. The normalized spacial score (nSPS) is 17.1. The van der Waals surface area contributed by atoms with Crippen molar-refractivity contribution >= 4 is 16.9 Å². The van der Waals surface area contributed by atoms with Gasteiger partial charge in [-0.25, -0.2) is 0 Å². The molecule has 2 aromatic rings. The van der Waals surface area contributed by atoms with Crippen LogP contribution in [0.25, 0.3) is 11.0 Å². The summed E-state index contributed by atoms with van der Waals surface area (Å²) >= 11 is 0. The smallest absolute Gasteiger partial charge is 0.287 e. The van der Waals surface area contributed by atoms with E-state index >= 15 is 0 Å². The number of nitrogens with one attached hydrogen (secondary N) is 1. The highest BCUT2D eigenvalue weighted by Gasteiger charge is 2.22. The third-order valence-electron chi connectivity index (χ3n) is 4.21. The lowest BCUT2D eigenvalue weighted by Gasteiger charge is -2.29. The van der Waals surface area contributed by atoms with Crippen LogP contribution in [0, 0.1) is 0 Å². The molecular weight excluding hydrogens is 308 g/mol. The van der Waals surface area contributed by atoms with Gasteiger partial charge in [-0.15, -0.1) is 0 Å². The molecule has 1 N–H and O–H groups in total. The van der Waals surface area contributed by atoms with Gasteiger partial charge in [0.25, 0.3) is 5.91 Å². The summed E-state index contributed by atoms with van der Waals surface area (Å²) in [4.78, 5) is 15.0. The topological polar surface area (TPSA) is 63.9 Å². The van der Waals surface area contributed by atoms with Crippen molar-refractivity contribution < 1.29 is 18.7 Å². The molecule has 1 amide bonds. The Kier molecular flexibility index (Phi) is 5.50. The van der Waals surface area contributed by atoms with E-state index in [-0.39, 0.29) is 11.9 Å². The highest BCUT2D eigenvalue weighted by atomic mass is 16.5. The van der Waals surface area contributed by atoms with E-state index in [2.05, 4.69) is 10.2 Å². The second-order valence-corrected chi connectivity index (χ2v) is 6.13. The average molecular weight is 332 g/mol. The maximum absolute atomic E-state index is 12.7. The number of carbonyl (C=O) groups excluding carboxylic acids is 1. The van der Waals surface area contributed by atoms with Crippen LogP contribution in [0.3, 0.4) is 0 Å². The Balaban J connectivity index is 1.71. The fraction of sp³-hybridized carbons (Fsp3) is 0.500. The summed E-state index contributed by atoms with van der Waals surface area (Å²) in [6.45, 7) is 6.46. The van der Waals surface area contributed by atoms with Crippen LogP contribution in [-0.4, -0.2) is 56.8 Å². The van der Waals surface area contributed by atoms with Gasteiger partial charge in [-0.1, -0.05) is 18.2 Å². The van der Waals surface area contributed by atoms with Crippen molar-refractivity contribution in [3.05, 3.63) is 35.6 Å². The number of hydrogen-bond acceptors (Lipinski definition) is 5. The molecule has 1 aromatic heterocycles. The summed E-state index contributed by atoms with van der Waals surface area (Å²) in [5.41, 5.74) is 1.50. The number of morpholine rings is 1. The van der Waals surface area contributed by atoms with Gasteiger partial charge < -0.3 is 19.2 Å². The van der Waals surface area contributed by atoms with Crippen molar-refractivity contribution in [3.8, 4) is 0 Å². The molecule has 0 saturated carbocycles. The van der Waals surface area contributed by atoms with Crippen LogP contribution in [0.1, 0.15) is 23.0 Å². The van der Waals surface area contributed by atoms with Crippen molar-refractivity contribution in [2.75, 3.05) is 40.0 Å². The monoisotopic (exact) mass is 332 g/mol. The minimum atomic E-state index is -0.195. The van der Waals surface area contributed by atoms with Gasteiger partial charge in [0.1, 0.15) is 5.58 Å². The number of carbonyl (C=O) groups is 1. The van der Waals surface area contributed by atoms with E-state index in [0.29, 0.717) is 18.0 Å². The van der Waals surface area contributed by atoms with E-state index in [1.807, 2.05) is 31.2 Å². The van der Waals surface area contributed by atoms with E-state index < -0.39 is 0 Å². The lowest BCUT2D eigenvalue weighted by Crippen LogP contribution is -2.46. The molecule has 1 atom stereocenters. The van der Waals surface area contributed by atoms with Crippen LogP contribution in [0.15, 0.2) is 28.7 Å². The first-order valence-electron chi connectivity index (χ1n) is 8.29. The molecule has 1 aromatic carbocycles. The Labute approximate surface area is 141 Å². The Bertz CT molecular complexity index is 691. The first-order chi connectivity index (χ1) is 11.7. The van der Waals surface area contributed by atoms with Crippen LogP contribution in [0.2, 0.25) is 0 Å². The quantitative estimate of drug-likeness (QED) is 0.877. The SMILES string of the molecule is COCc1c(C(=O)NC(C)CN2CCOCC2)oc2ccccc12. The number of furan rings is 1. The number of amides is 1. The lowest BCUT2D eigenvalue weighted by atomic mass is 10.1. The predicted octanol–water partition coefficient (Wildman–Crippen LogP) is 2.03. The van der Waals surface area contributed by atoms with Gasteiger partial charge in [-0.3, -0.25) is 9.69 Å². The molecule has 2 heterocycles. The molecule has 3 rings (SSSR count). The zero-order chi connectivity index (χ0) is 16.9. The molecular formula is C18H24N2O4. The molecule has 0 bridgehead atoms. The predicted molar refractivity (Wildman–Crippen MR) is 91.1 cm³/mol. The maximum atomic E-state index is 12.7. The molecule has 1 aliphatic heterocycles. The van der Waals surface area contributed by atoms with E-state index in [0.717, 1.165) is 43.8 Å². The molecule has 130 valence electrons. The van der Waals surface area contributed by atoms with Crippen LogP contribution >= 0.6 is 0 Å². The summed E-state index contributed by atoms with van der Waals surface area (Å²) in [5, 5.41) is 3.95. The highest BCUT2D eigenvalue weighted by Crippen LogP contribution is 2.26. The number of fused-ring (bicyclic) bond motifs is 1. The van der Waals surface area contributed by atoms with Crippen molar-refractivity contribution in [1.29, 1.82) is 0 Å². The number of rotatable bonds is 6. The summed E-state index contributed by atoms with van der Waals surface area (Å²) in [5.74, 6) is 0.144. The van der Waals surface area contributed by atoms with Crippen molar-refractivity contribution in [3.63, 3.8) is 0 Å². The fourth-order valence-electron chi connectivity index (χ4n) is 3.08. The molecule has 0 radical (unpaired) electrons. The first kappa shape index (κ1) is 17.0. The van der Waals surface area contributed by atoms with Crippen LogP contribution in [-0.2, 0) is 16.1 Å². The summed E-state index contributed by atoms with van der Waals surface area (Å²) in [6, 6.07) is 7.66. The third kappa shape index (κ3) is 3.77. The molecule has 6 heteroatoms. The minimum absolute atomic E-state index is 0.0270. The van der Waals surface area contributed by atoms with Crippen LogP contribution in [0.4, 0.5) is 0 Å². The third-order valence-corrected chi connectivity index (χ3v) is 4.21. The number of nitrogens with zero attached hydrogens (tertiary/aromatic N) is 1. The van der Waals surface area contributed by atoms with E-state index in [1.54, 1.807) is 7.11 Å². The van der Waals surface area contributed by atoms with Gasteiger partial charge in [0.05, 0.1) is 19.8 Å². The maximum Gasteiger partial charge on any atom is 0.287 e. The number of ether oxygens (including phenoxy) is 2. The second-order valence-electron chi connectivity index (χ2n) is 6.13. The van der Waals surface area contributed by atoms with Gasteiger partial charge in [-0.2, -0.15) is 0 Å². The Morgan fingerprint density at radius 3 is 2.83 bits per heavy atom. The molecule has 1 aliphatic rings. The Hall–Kier alpha value is -1.89. The largest absolute Gasteiger partial charge is 0.451 e. The van der Waals surface area contributed by atoms with Gasteiger partial charge >= 0.3 is 0 Å². The molecule has 24 heavy (non-hydrogen) atoms. The van der Waals surface area contributed by atoms with Crippen molar-refractivity contribution in [2.24, 2.45) is 0 Å². The minimum Gasteiger partial charge on any atom is -0.451 e. The molecule has 0 spiro atoms. The summed E-state index contributed by atoms with van der Waals surface area (Å²) in [6.07, 6.45) is 0.